The van der Waals surface area contributed by atoms with Gasteiger partial charge in [0, 0.05) is 31.2 Å². The maximum absolute atomic E-state index is 10.8. The molecule has 0 aliphatic rings. The van der Waals surface area contributed by atoms with Crippen LogP contribution in [0.5, 0.6) is 11.5 Å². The van der Waals surface area contributed by atoms with E-state index in [2.05, 4.69) is 51.8 Å². The molecule has 6 aromatic rings. The fraction of sp³-hybridized carbons (Fsp3) is 0.0303. The molecule has 0 fully saturated rings. The lowest BCUT2D eigenvalue weighted by atomic mass is 9.97. The Bertz CT molecular complexity index is 1940. The zero-order valence-electron chi connectivity index (χ0n) is 22.3. The van der Waals surface area contributed by atoms with E-state index in [1.54, 1.807) is 12.1 Å². The minimum Gasteiger partial charge on any atom is -0.507 e. The number of rotatable bonds is 6. The number of aromatic amines is 2. The molecule has 0 saturated carbocycles. The van der Waals surface area contributed by atoms with Gasteiger partial charge >= 0.3 is 0 Å². The molecule has 0 aliphatic heterocycles. The molecule has 0 bridgehead atoms. The molecule has 6 nitrogen and oxygen atoms in total. The topological polar surface area (TPSA) is 97.8 Å². The van der Waals surface area contributed by atoms with Gasteiger partial charge in [-0.3, -0.25) is 0 Å². The molecule has 0 spiro atoms. The third-order valence-corrected chi connectivity index (χ3v) is 8.32. The summed E-state index contributed by atoms with van der Waals surface area (Å²) >= 11 is 17.8. The lowest BCUT2D eigenvalue weighted by Gasteiger charge is -2.12. The molecule has 4 N–H and O–H groups in total. The summed E-state index contributed by atoms with van der Waals surface area (Å²) in [6.45, 7) is 0. The number of H-pyrrole nitrogens is 2. The van der Waals surface area contributed by atoms with Gasteiger partial charge in [0.2, 0.25) is 0 Å². The van der Waals surface area contributed by atoms with E-state index >= 15 is 0 Å². The highest BCUT2D eigenvalue weighted by atomic mass is 79.9. The molecule has 0 radical (unpaired) electrons. The lowest BCUT2D eigenvalue weighted by Crippen LogP contribution is -1.95. The highest BCUT2D eigenvalue weighted by molar-refractivity contribution is 9.10. The maximum Gasteiger partial charge on any atom is 0.197 e. The first-order valence-electron chi connectivity index (χ1n) is 13.1. The van der Waals surface area contributed by atoms with Gasteiger partial charge in [-0.15, -0.1) is 0 Å². The fourth-order valence-electron chi connectivity index (χ4n) is 4.80. The molecule has 0 saturated heterocycles. The smallest absolute Gasteiger partial charge is 0.197 e. The van der Waals surface area contributed by atoms with Crippen molar-refractivity contribution in [3.05, 3.63) is 127 Å². The van der Waals surface area contributed by atoms with Crippen LogP contribution in [0.25, 0.3) is 45.0 Å². The van der Waals surface area contributed by atoms with Crippen LogP contribution in [0.4, 0.5) is 0 Å². The van der Waals surface area contributed by atoms with Crippen LogP contribution in [-0.4, -0.2) is 30.1 Å². The molecule has 10 heteroatoms. The van der Waals surface area contributed by atoms with Crippen LogP contribution in [0.1, 0.15) is 11.1 Å². The van der Waals surface area contributed by atoms with Gasteiger partial charge in [0.15, 0.2) is 9.54 Å². The second kappa shape index (κ2) is 12.3. The average Bonchev–Trinajstić information content (AvgIpc) is 2.99. The van der Waals surface area contributed by atoms with Crippen molar-refractivity contribution in [1.29, 1.82) is 0 Å². The second-order valence-corrected chi connectivity index (χ2v) is 12.5. The molecule has 2 heterocycles. The Morgan fingerprint density at radius 1 is 0.558 bits per heavy atom. The third-order valence-electron chi connectivity index (χ3n) is 6.88. The lowest BCUT2D eigenvalue weighted by molar-refractivity contribution is 0.476. The number of halogens is 2. The molecule has 4 aromatic carbocycles. The first-order chi connectivity index (χ1) is 20.7. The van der Waals surface area contributed by atoms with Gasteiger partial charge < -0.3 is 20.2 Å². The molecule has 212 valence electrons. The summed E-state index contributed by atoms with van der Waals surface area (Å²) in [7, 11) is 0. The van der Waals surface area contributed by atoms with Gasteiger partial charge in [-0.25, -0.2) is 9.97 Å². The van der Waals surface area contributed by atoms with Crippen LogP contribution in [0, 0.1) is 9.54 Å². The molecular formula is C33H22Br2N4O2S2. The van der Waals surface area contributed by atoms with E-state index in [0.29, 0.717) is 49.9 Å². The van der Waals surface area contributed by atoms with Crippen LogP contribution in [-0.2, 0) is 6.42 Å². The quantitative estimate of drug-likeness (QED) is 0.128. The first kappa shape index (κ1) is 29.1. The van der Waals surface area contributed by atoms with E-state index in [1.165, 1.54) is 0 Å². The zero-order valence-corrected chi connectivity index (χ0v) is 27.1. The largest absolute Gasteiger partial charge is 0.507 e. The Morgan fingerprint density at radius 3 is 1.35 bits per heavy atom. The van der Waals surface area contributed by atoms with Crippen molar-refractivity contribution in [3.63, 3.8) is 0 Å². The Labute approximate surface area is 274 Å². The average molecular weight is 731 g/mol. The Kier molecular flexibility index (Phi) is 8.36. The molecule has 0 unspecified atom stereocenters. The van der Waals surface area contributed by atoms with Crippen LogP contribution >= 0.6 is 56.3 Å². The first-order valence-corrected chi connectivity index (χ1v) is 15.5. The summed E-state index contributed by atoms with van der Waals surface area (Å²) in [6, 6.07) is 30.3. The van der Waals surface area contributed by atoms with Gasteiger partial charge in [0.1, 0.15) is 11.5 Å². The summed E-state index contributed by atoms with van der Waals surface area (Å²) < 4.78 is 2.58. The molecule has 2 aromatic heterocycles. The monoisotopic (exact) mass is 728 g/mol. The van der Waals surface area contributed by atoms with E-state index < -0.39 is 0 Å². The number of hydrogen-bond acceptors (Lipinski definition) is 6. The highest BCUT2D eigenvalue weighted by Crippen LogP contribution is 2.34. The van der Waals surface area contributed by atoms with E-state index in [1.807, 2.05) is 84.9 Å². The van der Waals surface area contributed by atoms with Gasteiger partial charge in [-0.1, -0.05) is 68.3 Å². The number of nitrogens with one attached hydrogen (secondary N) is 2. The predicted molar refractivity (Wildman–Crippen MR) is 182 cm³/mol. The van der Waals surface area contributed by atoms with Crippen molar-refractivity contribution < 1.29 is 10.2 Å². The maximum atomic E-state index is 10.8. The molecule has 0 atom stereocenters. The van der Waals surface area contributed by atoms with Gasteiger partial charge in [-0.2, -0.15) is 0 Å². The summed E-state index contributed by atoms with van der Waals surface area (Å²) in [5.74, 6) is 0.247. The van der Waals surface area contributed by atoms with Crippen molar-refractivity contribution in [2.24, 2.45) is 0 Å². The molecule has 6 rings (SSSR count). The van der Waals surface area contributed by atoms with Gasteiger partial charge in [0.05, 0.1) is 22.8 Å². The Hall–Kier alpha value is -3.96. The Morgan fingerprint density at radius 2 is 0.953 bits per heavy atom. The number of nitrogens with zero attached hydrogens (tertiary/aromatic N) is 2. The normalized spacial score (nSPS) is 11.0. The number of aromatic hydroxyl groups is 2. The van der Waals surface area contributed by atoms with Gasteiger partial charge in [-0.05, 0) is 103 Å². The van der Waals surface area contributed by atoms with Crippen molar-refractivity contribution in [3.8, 4) is 56.5 Å². The number of phenolic OH excluding ortho intramolecular Hbond substituents is 2. The number of aromatic nitrogens is 4. The zero-order chi connectivity index (χ0) is 30.1. The van der Waals surface area contributed by atoms with E-state index in [9.17, 15) is 10.2 Å². The van der Waals surface area contributed by atoms with E-state index in [4.69, 9.17) is 24.4 Å². The van der Waals surface area contributed by atoms with Crippen LogP contribution < -0.4 is 0 Å². The van der Waals surface area contributed by atoms with Gasteiger partial charge in [0.25, 0.3) is 0 Å². The highest BCUT2D eigenvalue weighted by Gasteiger charge is 2.13. The van der Waals surface area contributed by atoms with Crippen LogP contribution in [0.3, 0.4) is 0 Å². The molecule has 0 amide bonds. The second-order valence-electron chi connectivity index (χ2n) is 9.86. The molecular weight excluding hydrogens is 708 g/mol. The minimum absolute atomic E-state index is 0.124. The fourth-order valence-corrected chi connectivity index (χ4v) is 5.74. The third kappa shape index (κ3) is 6.67. The number of benzene rings is 4. The molecule has 0 aliphatic carbocycles. The number of hydrogen-bond donors (Lipinski definition) is 4. The predicted octanol–water partition coefficient (Wildman–Crippen LogP) is 9.79. The molecule has 43 heavy (non-hydrogen) atoms. The van der Waals surface area contributed by atoms with Crippen LogP contribution in [0.2, 0.25) is 0 Å². The SMILES string of the molecule is Oc1ccc(Cc2ccc(O)c(-c3cc(-c4ccc(Br)cc4)nc(=S)[nH]3)c2)cc1-c1cc(-c2ccc(Br)cc2)nc(=S)[nH]1. The van der Waals surface area contributed by atoms with E-state index in [-0.39, 0.29) is 11.5 Å². The summed E-state index contributed by atoms with van der Waals surface area (Å²) in [5, 5.41) is 21.6. The summed E-state index contributed by atoms with van der Waals surface area (Å²) in [4.78, 5) is 15.2. The van der Waals surface area contributed by atoms with Crippen molar-refractivity contribution in [2.75, 3.05) is 0 Å². The van der Waals surface area contributed by atoms with Crippen molar-refractivity contribution in [1.82, 2.24) is 19.9 Å². The standard InChI is InChI=1S/C33H22Br2N4O2S2/c34-22-7-3-20(4-8-22)26-16-28(38-32(42)36-26)24-14-18(1-11-30(24)40)13-19-2-12-31(41)25(15-19)29-17-27(37-33(43)39-29)21-5-9-23(35)10-6-21/h1-12,14-17,40-41H,13H2,(H,36,38,42)(H,37,39,43). The van der Waals surface area contributed by atoms with E-state index in [0.717, 1.165) is 31.2 Å². The Balaban J connectivity index is 1.34. The number of phenols is 2. The van der Waals surface area contributed by atoms with Crippen LogP contribution in [0.15, 0.2) is 106 Å². The summed E-state index contributed by atoms with van der Waals surface area (Å²) in [6.07, 6.45) is 0.553. The van der Waals surface area contributed by atoms with Crippen molar-refractivity contribution >= 4 is 56.3 Å². The summed E-state index contributed by atoms with van der Waals surface area (Å²) in [5.41, 5.74) is 7.70. The minimum atomic E-state index is 0.124. The van der Waals surface area contributed by atoms with Crippen molar-refractivity contribution in [2.45, 2.75) is 6.42 Å².